The summed E-state index contributed by atoms with van der Waals surface area (Å²) in [6, 6.07) is 4.67. The van der Waals surface area contributed by atoms with Gasteiger partial charge in [-0.2, -0.15) is 0 Å². The summed E-state index contributed by atoms with van der Waals surface area (Å²) in [5.74, 6) is -0.333. The Labute approximate surface area is 142 Å². The number of carbonyl (C=O) groups excluding carboxylic acids is 2. The highest BCUT2D eigenvalue weighted by Crippen LogP contribution is 2.40. The summed E-state index contributed by atoms with van der Waals surface area (Å²) in [5, 5.41) is 0. The normalized spacial score (nSPS) is 16.7. The van der Waals surface area contributed by atoms with Crippen molar-refractivity contribution >= 4 is 27.5 Å². The molecule has 0 radical (unpaired) electrons. The van der Waals surface area contributed by atoms with E-state index in [1.165, 1.54) is 11.0 Å². The van der Waals surface area contributed by atoms with E-state index >= 15 is 0 Å². The third kappa shape index (κ3) is 3.44. The molecule has 0 aromatic heterocycles. The monoisotopic (exact) mass is 353 g/mol. The quantitative estimate of drug-likeness (QED) is 0.863. The molecule has 1 aliphatic heterocycles. The van der Waals surface area contributed by atoms with E-state index < -0.39 is 15.4 Å². The van der Waals surface area contributed by atoms with Crippen molar-refractivity contribution in [2.24, 2.45) is 0 Å². The molecule has 0 atom stereocenters. The number of nitrogens with zero attached hydrogens (tertiary/aromatic N) is 2. The van der Waals surface area contributed by atoms with Gasteiger partial charge in [-0.3, -0.25) is 9.59 Å². The maximum absolute atomic E-state index is 12.4. The fourth-order valence-electron chi connectivity index (χ4n) is 2.64. The highest BCUT2D eigenvalue weighted by Gasteiger charge is 2.36. The summed E-state index contributed by atoms with van der Waals surface area (Å²) in [5.41, 5.74) is 1.05. The zero-order chi connectivity index (χ0) is 18.3. The number of hydrogen-bond acceptors (Lipinski definition) is 4. The number of carbonyl (C=O) groups is 2. The van der Waals surface area contributed by atoms with Crippen LogP contribution in [-0.4, -0.2) is 52.8 Å². The van der Waals surface area contributed by atoms with Gasteiger partial charge in [0.1, 0.15) is 0 Å². The van der Waals surface area contributed by atoms with Crippen molar-refractivity contribution in [3.05, 3.63) is 23.8 Å². The molecule has 0 aliphatic carbocycles. The van der Waals surface area contributed by atoms with Gasteiger partial charge in [0, 0.05) is 38.7 Å². The number of benzene rings is 1. The van der Waals surface area contributed by atoms with Gasteiger partial charge >= 0.3 is 0 Å². The van der Waals surface area contributed by atoms with Gasteiger partial charge in [-0.15, -0.1) is 0 Å². The van der Waals surface area contributed by atoms with Crippen molar-refractivity contribution in [2.45, 2.75) is 30.6 Å². The van der Waals surface area contributed by atoms with Crippen LogP contribution in [0.25, 0.3) is 0 Å². The van der Waals surface area contributed by atoms with E-state index in [1.54, 1.807) is 38.2 Å². The molecule has 0 unspecified atom stereocenters. The Balaban J connectivity index is 2.37. The first-order valence-corrected chi connectivity index (χ1v) is 9.05. The summed E-state index contributed by atoms with van der Waals surface area (Å²) < 4.78 is 27.2. The smallest absolute Gasteiger partial charge is 0.241 e. The summed E-state index contributed by atoms with van der Waals surface area (Å²) in [4.78, 5) is 26.6. The van der Waals surface area contributed by atoms with E-state index in [4.69, 9.17) is 0 Å². The van der Waals surface area contributed by atoms with Gasteiger partial charge in [-0.25, -0.2) is 13.1 Å². The molecule has 1 heterocycles. The van der Waals surface area contributed by atoms with E-state index in [0.29, 0.717) is 12.1 Å². The Hall–Kier alpha value is -1.93. The van der Waals surface area contributed by atoms with Gasteiger partial charge < -0.3 is 9.80 Å². The minimum absolute atomic E-state index is 0.00203. The molecule has 1 aromatic carbocycles. The number of hydrogen-bond donors (Lipinski definition) is 1. The zero-order valence-corrected chi connectivity index (χ0v) is 15.4. The number of anilines is 1. The number of likely N-dealkylation sites (N-methyl/N-ethyl adjacent to an activating group) is 1. The minimum Gasteiger partial charge on any atom is -0.348 e. The molecular formula is C16H23N3O4S. The van der Waals surface area contributed by atoms with Crippen LogP contribution in [0.1, 0.15) is 25.8 Å². The largest absolute Gasteiger partial charge is 0.348 e. The van der Waals surface area contributed by atoms with Crippen LogP contribution in [0.5, 0.6) is 0 Å². The van der Waals surface area contributed by atoms with Gasteiger partial charge in [0.15, 0.2) is 0 Å². The SMILES string of the molecule is CN(C)C(=O)CNS(=O)(=O)c1ccc2c(c1)C(C)(C)CC(=O)N2C. The fraction of sp³-hybridized carbons (Fsp3) is 0.500. The average molecular weight is 353 g/mol. The van der Waals surface area contributed by atoms with Crippen molar-refractivity contribution in [3.8, 4) is 0 Å². The molecule has 0 spiro atoms. The molecule has 1 N–H and O–H groups in total. The number of sulfonamides is 1. The topological polar surface area (TPSA) is 86.8 Å². The van der Waals surface area contributed by atoms with Gasteiger partial charge in [0.25, 0.3) is 0 Å². The first kappa shape index (κ1) is 18.4. The molecule has 0 saturated carbocycles. The lowest BCUT2D eigenvalue weighted by molar-refractivity contribution is -0.127. The van der Waals surface area contributed by atoms with Crippen LogP contribution in [0, 0.1) is 0 Å². The molecule has 2 rings (SSSR count). The van der Waals surface area contributed by atoms with Gasteiger partial charge in [0.05, 0.1) is 11.4 Å². The molecule has 0 bridgehead atoms. The average Bonchev–Trinajstić information content (AvgIpc) is 2.49. The highest BCUT2D eigenvalue weighted by molar-refractivity contribution is 7.89. The second kappa shape index (κ2) is 6.18. The standard InChI is InChI=1S/C16H23N3O4S/c1-16(2)9-14(20)19(5)13-7-6-11(8-12(13)16)24(22,23)17-10-15(21)18(3)4/h6-8,17H,9-10H2,1-5H3. The van der Waals surface area contributed by atoms with Gasteiger partial charge in [-0.1, -0.05) is 13.8 Å². The molecule has 1 aromatic rings. The van der Waals surface area contributed by atoms with Crippen LogP contribution in [-0.2, 0) is 25.0 Å². The molecule has 2 amide bonds. The maximum atomic E-state index is 12.4. The minimum atomic E-state index is -3.80. The Kier molecular flexibility index (Phi) is 4.74. The third-order valence-corrected chi connectivity index (χ3v) is 5.65. The number of fused-ring (bicyclic) bond motifs is 1. The fourth-order valence-corrected chi connectivity index (χ4v) is 3.64. The van der Waals surface area contributed by atoms with E-state index in [0.717, 1.165) is 5.56 Å². The molecule has 24 heavy (non-hydrogen) atoms. The Bertz CT molecular complexity index is 785. The summed E-state index contributed by atoms with van der Waals surface area (Å²) >= 11 is 0. The Morgan fingerprint density at radius 2 is 1.96 bits per heavy atom. The molecule has 0 fully saturated rings. The van der Waals surface area contributed by atoms with E-state index in [-0.39, 0.29) is 23.3 Å². The van der Waals surface area contributed by atoms with Crippen LogP contribution in [0.3, 0.4) is 0 Å². The third-order valence-electron chi connectivity index (χ3n) is 4.25. The number of rotatable bonds is 4. The lowest BCUT2D eigenvalue weighted by atomic mass is 9.77. The summed E-state index contributed by atoms with van der Waals surface area (Å²) in [6.45, 7) is 3.53. The van der Waals surface area contributed by atoms with Crippen LogP contribution >= 0.6 is 0 Å². The van der Waals surface area contributed by atoms with Gasteiger partial charge in [0.2, 0.25) is 21.8 Å². The van der Waals surface area contributed by atoms with E-state index in [1.807, 2.05) is 13.8 Å². The Morgan fingerprint density at radius 1 is 1.33 bits per heavy atom. The van der Waals surface area contributed by atoms with Crippen molar-refractivity contribution in [3.63, 3.8) is 0 Å². The van der Waals surface area contributed by atoms with Crippen LogP contribution < -0.4 is 9.62 Å². The molecule has 132 valence electrons. The maximum Gasteiger partial charge on any atom is 0.241 e. The van der Waals surface area contributed by atoms with E-state index in [9.17, 15) is 18.0 Å². The summed E-state index contributed by atoms with van der Waals surface area (Å²) in [7, 11) is 0.995. The van der Waals surface area contributed by atoms with E-state index in [2.05, 4.69) is 4.72 Å². The molecule has 8 heteroatoms. The lowest BCUT2D eigenvalue weighted by Crippen LogP contribution is -2.40. The zero-order valence-electron chi connectivity index (χ0n) is 14.6. The first-order chi connectivity index (χ1) is 11.0. The van der Waals surface area contributed by atoms with Crippen LogP contribution in [0.15, 0.2) is 23.1 Å². The molecule has 0 saturated heterocycles. The second-order valence-electron chi connectivity index (χ2n) is 6.81. The van der Waals surface area contributed by atoms with Crippen molar-refractivity contribution in [2.75, 3.05) is 32.6 Å². The number of amides is 2. The summed E-state index contributed by atoms with van der Waals surface area (Å²) in [6.07, 6.45) is 0.312. The van der Waals surface area contributed by atoms with Crippen molar-refractivity contribution in [1.82, 2.24) is 9.62 Å². The van der Waals surface area contributed by atoms with Crippen molar-refractivity contribution < 1.29 is 18.0 Å². The van der Waals surface area contributed by atoms with Crippen molar-refractivity contribution in [1.29, 1.82) is 0 Å². The predicted octanol–water partition coefficient (Wildman–Crippen LogP) is 0.697. The molecule has 1 aliphatic rings. The first-order valence-electron chi connectivity index (χ1n) is 7.56. The second-order valence-corrected chi connectivity index (χ2v) is 8.57. The Morgan fingerprint density at radius 3 is 2.54 bits per heavy atom. The predicted molar refractivity (Wildman–Crippen MR) is 91.4 cm³/mol. The highest BCUT2D eigenvalue weighted by atomic mass is 32.2. The van der Waals surface area contributed by atoms with Crippen LogP contribution in [0.2, 0.25) is 0 Å². The lowest BCUT2D eigenvalue weighted by Gasteiger charge is -2.37. The van der Waals surface area contributed by atoms with Gasteiger partial charge in [-0.05, 0) is 23.8 Å². The number of nitrogens with one attached hydrogen (secondary N) is 1. The van der Waals surface area contributed by atoms with Crippen LogP contribution in [0.4, 0.5) is 5.69 Å². The molecule has 7 nitrogen and oxygen atoms in total. The molecular weight excluding hydrogens is 330 g/mol.